The molecule has 1 amide bonds. The third-order valence-corrected chi connectivity index (χ3v) is 2.46. The standard InChI is InChI=1S/C14H16N2O4/c1-11(9-15)7-8-13(17)20-16-14(18)19-10-12-5-3-2-4-6-12/h2-6,11H,7-8,10H2,1H3,(H,16,18). The highest BCUT2D eigenvalue weighted by Crippen LogP contribution is 2.04. The molecule has 1 aromatic carbocycles. The molecule has 1 aromatic rings. The Kier molecular flexibility index (Phi) is 6.62. The average Bonchev–Trinajstić information content (AvgIpc) is 2.49. The van der Waals surface area contributed by atoms with Gasteiger partial charge in [-0.2, -0.15) is 5.26 Å². The fourth-order valence-electron chi connectivity index (χ4n) is 1.30. The van der Waals surface area contributed by atoms with E-state index < -0.39 is 12.1 Å². The normalized spacial score (nSPS) is 11.0. The molecule has 0 saturated carbocycles. The van der Waals surface area contributed by atoms with Crippen molar-refractivity contribution in [3.63, 3.8) is 0 Å². The predicted molar refractivity (Wildman–Crippen MR) is 69.9 cm³/mol. The summed E-state index contributed by atoms with van der Waals surface area (Å²) in [6.45, 7) is 1.80. The molecule has 0 fully saturated rings. The fraction of sp³-hybridized carbons (Fsp3) is 0.357. The van der Waals surface area contributed by atoms with Gasteiger partial charge >= 0.3 is 12.1 Å². The Bertz CT molecular complexity index is 482. The summed E-state index contributed by atoms with van der Waals surface area (Å²) < 4.78 is 4.85. The van der Waals surface area contributed by atoms with E-state index in [1.807, 2.05) is 41.9 Å². The van der Waals surface area contributed by atoms with Gasteiger partial charge in [0.2, 0.25) is 0 Å². The molecule has 0 saturated heterocycles. The molecule has 0 aliphatic rings. The van der Waals surface area contributed by atoms with Gasteiger partial charge in [0.15, 0.2) is 0 Å². The third-order valence-electron chi connectivity index (χ3n) is 2.46. The van der Waals surface area contributed by atoms with Crippen molar-refractivity contribution in [1.29, 1.82) is 5.26 Å². The highest BCUT2D eigenvalue weighted by Gasteiger charge is 2.10. The Labute approximate surface area is 117 Å². The van der Waals surface area contributed by atoms with E-state index >= 15 is 0 Å². The summed E-state index contributed by atoms with van der Waals surface area (Å²) in [5.74, 6) is -0.837. The fourth-order valence-corrected chi connectivity index (χ4v) is 1.30. The van der Waals surface area contributed by atoms with E-state index in [2.05, 4.69) is 4.84 Å². The lowest BCUT2D eigenvalue weighted by atomic mass is 10.1. The molecule has 0 aliphatic carbocycles. The molecule has 6 nitrogen and oxygen atoms in total. The number of benzene rings is 1. The molecule has 1 N–H and O–H groups in total. The summed E-state index contributed by atoms with van der Waals surface area (Å²) in [7, 11) is 0. The van der Waals surface area contributed by atoms with Gasteiger partial charge in [-0.3, -0.25) is 0 Å². The summed E-state index contributed by atoms with van der Waals surface area (Å²) in [4.78, 5) is 27.0. The van der Waals surface area contributed by atoms with E-state index in [1.54, 1.807) is 6.92 Å². The van der Waals surface area contributed by atoms with Crippen molar-refractivity contribution >= 4 is 12.1 Å². The number of hydrogen-bond acceptors (Lipinski definition) is 5. The second-order valence-electron chi connectivity index (χ2n) is 4.21. The first-order valence-electron chi connectivity index (χ1n) is 6.17. The van der Waals surface area contributed by atoms with Crippen LogP contribution in [0, 0.1) is 17.2 Å². The minimum Gasteiger partial charge on any atom is -0.443 e. The number of hydroxylamine groups is 1. The van der Waals surface area contributed by atoms with Gasteiger partial charge in [0.05, 0.1) is 6.07 Å². The smallest absolute Gasteiger partial charge is 0.441 e. The maximum atomic E-state index is 11.3. The maximum absolute atomic E-state index is 11.3. The third kappa shape index (κ3) is 6.40. The maximum Gasteiger partial charge on any atom is 0.441 e. The second kappa shape index (κ2) is 8.53. The first kappa shape index (κ1) is 15.5. The van der Waals surface area contributed by atoms with Gasteiger partial charge in [-0.1, -0.05) is 30.3 Å². The predicted octanol–water partition coefficient (Wildman–Crippen LogP) is 2.31. The molecule has 1 atom stereocenters. The number of nitriles is 1. The summed E-state index contributed by atoms with van der Waals surface area (Å²) in [5, 5.41) is 8.55. The van der Waals surface area contributed by atoms with Gasteiger partial charge in [-0.05, 0) is 18.9 Å². The highest BCUT2D eigenvalue weighted by atomic mass is 16.7. The van der Waals surface area contributed by atoms with Crippen molar-refractivity contribution in [3.05, 3.63) is 35.9 Å². The SMILES string of the molecule is CC(C#N)CCC(=O)ONC(=O)OCc1ccccc1. The Hall–Kier alpha value is -2.55. The topological polar surface area (TPSA) is 88.4 Å². The molecular formula is C14H16N2O4. The molecule has 1 unspecified atom stereocenters. The number of ether oxygens (including phenoxy) is 1. The van der Waals surface area contributed by atoms with Crippen LogP contribution in [0.4, 0.5) is 4.79 Å². The van der Waals surface area contributed by atoms with Crippen LogP contribution < -0.4 is 5.48 Å². The van der Waals surface area contributed by atoms with Gasteiger partial charge in [0.1, 0.15) is 6.61 Å². The first-order chi connectivity index (χ1) is 9.61. The Morgan fingerprint density at radius 2 is 2.05 bits per heavy atom. The zero-order chi connectivity index (χ0) is 14.8. The summed E-state index contributed by atoms with van der Waals surface area (Å²) in [6, 6.07) is 11.1. The van der Waals surface area contributed by atoms with Crippen LogP contribution in [0.2, 0.25) is 0 Å². The van der Waals surface area contributed by atoms with Crippen LogP contribution >= 0.6 is 0 Å². The molecule has 0 radical (unpaired) electrons. The Balaban J connectivity index is 2.17. The lowest BCUT2D eigenvalue weighted by Crippen LogP contribution is -2.27. The van der Waals surface area contributed by atoms with Crippen LogP contribution in [0.15, 0.2) is 30.3 Å². The molecule has 1 rings (SSSR count). The van der Waals surface area contributed by atoms with E-state index in [0.717, 1.165) is 5.56 Å². The number of rotatable bonds is 5. The number of nitrogens with zero attached hydrogens (tertiary/aromatic N) is 1. The van der Waals surface area contributed by atoms with E-state index in [-0.39, 0.29) is 18.9 Å². The van der Waals surface area contributed by atoms with Crippen molar-refractivity contribution in [1.82, 2.24) is 5.48 Å². The average molecular weight is 276 g/mol. The Morgan fingerprint density at radius 1 is 1.35 bits per heavy atom. The molecule has 0 heterocycles. The molecule has 106 valence electrons. The van der Waals surface area contributed by atoms with Gasteiger partial charge in [-0.25, -0.2) is 9.59 Å². The van der Waals surface area contributed by atoms with Crippen LogP contribution in [0.25, 0.3) is 0 Å². The minimum absolute atomic E-state index is 0.0632. The van der Waals surface area contributed by atoms with Crippen molar-refractivity contribution in [3.8, 4) is 6.07 Å². The van der Waals surface area contributed by atoms with Crippen molar-refractivity contribution in [2.24, 2.45) is 5.92 Å². The monoisotopic (exact) mass is 276 g/mol. The second-order valence-corrected chi connectivity index (χ2v) is 4.21. The first-order valence-corrected chi connectivity index (χ1v) is 6.17. The molecule has 0 aromatic heterocycles. The largest absolute Gasteiger partial charge is 0.443 e. The van der Waals surface area contributed by atoms with Crippen LogP contribution in [-0.4, -0.2) is 12.1 Å². The van der Waals surface area contributed by atoms with Crippen LogP contribution in [0.3, 0.4) is 0 Å². The van der Waals surface area contributed by atoms with Crippen LogP contribution in [-0.2, 0) is 21.0 Å². The lowest BCUT2D eigenvalue weighted by Gasteiger charge is -2.07. The van der Waals surface area contributed by atoms with Gasteiger partial charge < -0.3 is 9.57 Å². The Morgan fingerprint density at radius 3 is 2.70 bits per heavy atom. The highest BCUT2D eigenvalue weighted by molar-refractivity contribution is 5.73. The van der Waals surface area contributed by atoms with Crippen molar-refractivity contribution < 1.29 is 19.2 Å². The molecule has 20 heavy (non-hydrogen) atoms. The van der Waals surface area contributed by atoms with Crippen molar-refractivity contribution in [2.45, 2.75) is 26.4 Å². The summed E-state index contributed by atoms with van der Waals surface area (Å²) >= 11 is 0. The molecule has 0 spiro atoms. The van der Waals surface area contributed by atoms with Crippen LogP contribution in [0.5, 0.6) is 0 Å². The molecule has 6 heteroatoms. The number of hydrogen-bond donors (Lipinski definition) is 1. The van der Waals surface area contributed by atoms with E-state index in [1.165, 1.54) is 0 Å². The van der Waals surface area contributed by atoms with Gasteiger partial charge in [0.25, 0.3) is 0 Å². The summed E-state index contributed by atoms with van der Waals surface area (Å²) in [5.41, 5.74) is 2.73. The van der Waals surface area contributed by atoms with Crippen LogP contribution in [0.1, 0.15) is 25.3 Å². The van der Waals surface area contributed by atoms with Crippen molar-refractivity contribution in [2.75, 3.05) is 0 Å². The number of carbonyl (C=O) groups is 2. The van der Waals surface area contributed by atoms with E-state index in [4.69, 9.17) is 10.00 Å². The van der Waals surface area contributed by atoms with Gasteiger partial charge in [-0.15, -0.1) is 5.48 Å². The summed E-state index contributed by atoms with van der Waals surface area (Å²) in [6.07, 6.45) is -0.389. The van der Waals surface area contributed by atoms with Gasteiger partial charge in [0, 0.05) is 12.3 Å². The molecule has 0 bridgehead atoms. The zero-order valence-corrected chi connectivity index (χ0v) is 11.2. The number of amides is 1. The molecule has 0 aliphatic heterocycles. The number of nitrogens with one attached hydrogen (secondary N) is 1. The zero-order valence-electron chi connectivity index (χ0n) is 11.2. The minimum atomic E-state index is -0.837. The van der Waals surface area contributed by atoms with E-state index in [0.29, 0.717) is 6.42 Å². The van der Waals surface area contributed by atoms with E-state index in [9.17, 15) is 9.59 Å². The number of carbonyl (C=O) groups excluding carboxylic acids is 2. The lowest BCUT2D eigenvalue weighted by molar-refractivity contribution is -0.150. The molecular weight excluding hydrogens is 260 g/mol. The quantitative estimate of drug-likeness (QED) is 0.834.